The van der Waals surface area contributed by atoms with Gasteiger partial charge in [0.1, 0.15) is 11.2 Å². The van der Waals surface area contributed by atoms with Gasteiger partial charge in [-0.3, -0.25) is 0 Å². The van der Waals surface area contributed by atoms with E-state index in [1.807, 2.05) is 72.8 Å². The highest BCUT2D eigenvalue weighted by atomic mass is 32.1. The number of hydrogen-bond donors (Lipinski definition) is 0. The number of benzene rings is 6. The zero-order valence-electron chi connectivity index (χ0n) is 23.4. The van der Waals surface area contributed by atoms with Gasteiger partial charge >= 0.3 is 0 Å². The van der Waals surface area contributed by atoms with Gasteiger partial charge in [-0.25, -0.2) is 15.0 Å². The number of rotatable bonds is 4. The standard InChI is InChI=1S/C39H23N3OS/c1-3-11-24(12-4-1)37-40-38(25-13-5-2-6-14-25)42-39(41-37)26-21-22-28-31-18-10-19-32(36(31)44-34(28)23-26)30-17-9-16-29-27-15-7-8-20-33(27)43-35(29)30/h1-23H. The summed E-state index contributed by atoms with van der Waals surface area (Å²) >= 11 is 1.80. The molecule has 6 aromatic carbocycles. The van der Waals surface area contributed by atoms with E-state index >= 15 is 0 Å². The van der Waals surface area contributed by atoms with Gasteiger partial charge in [0.05, 0.1) is 0 Å². The van der Waals surface area contributed by atoms with Gasteiger partial charge < -0.3 is 4.42 Å². The van der Waals surface area contributed by atoms with Crippen LogP contribution in [-0.2, 0) is 0 Å². The summed E-state index contributed by atoms with van der Waals surface area (Å²) in [5.41, 5.74) is 6.99. The molecular formula is C39H23N3OS. The molecule has 0 saturated heterocycles. The summed E-state index contributed by atoms with van der Waals surface area (Å²) in [5, 5.41) is 4.72. The van der Waals surface area contributed by atoms with Gasteiger partial charge in [0.15, 0.2) is 17.5 Å². The van der Waals surface area contributed by atoms with Crippen LogP contribution in [0.3, 0.4) is 0 Å². The van der Waals surface area contributed by atoms with Crippen LogP contribution in [0.15, 0.2) is 144 Å². The van der Waals surface area contributed by atoms with Crippen molar-refractivity contribution in [3.05, 3.63) is 140 Å². The fraction of sp³-hybridized carbons (Fsp3) is 0. The van der Waals surface area contributed by atoms with Gasteiger partial charge in [-0.2, -0.15) is 0 Å². The predicted octanol–water partition coefficient (Wildman–Crippen LogP) is 10.8. The number of nitrogens with zero attached hydrogens (tertiary/aromatic N) is 3. The number of hydrogen-bond acceptors (Lipinski definition) is 5. The van der Waals surface area contributed by atoms with Crippen molar-refractivity contribution < 1.29 is 4.42 Å². The Hall–Kier alpha value is -5.65. The van der Waals surface area contributed by atoms with Crippen LogP contribution in [-0.4, -0.2) is 15.0 Å². The molecule has 5 heteroatoms. The molecule has 0 aliphatic carbocycles. The van der Waals surface area contributed by atoms with E-state index in [1.54, 1.807) is 11.3 Å². The van der Waals surface area contributed by atoms with Crippen molar-refractivity contribution in [3.63, 3.8) is 0 Å². The maximum atomic E-state index is 6.42. The van der Waals surface area contributed by atoms with E-state index in [0.717, 1.165) is 44.2 Å². The summed E-state index contributed by atoms with van der Waals surface area (Å²) in [6.07, 6.45) is 0. The van der Waals surface area contributed by atoms with Gasteiger partial charge in [0.25, 0.3) is 0 Å². The molecule has 3 heterocycles. The van der Waals surface area contributed by atoms with Gasteiger partial charge in [0, 0.05) is 58.8 Å². The van der Waals surface area contributed by atoms with E-state index in [4.69, 9.17) is 19.4 Å². The first-order valence-corrected chi connectivity index (χ1v) is 15.3. The number of para-hydroxylation sites is 2. The topological polar surface area (TPSA) is 51.8 Å². The largest absolute Gasteiger partial charge is 0.455 e. The molecule has 0 saturated carbocycles. The molecule has 0 atom stereocenters. The van der Waals surface area contributed by atoms with Crippen LogP contribution < -0.4 is 0 Å². The van der Waals surface area contributed by atoms with E-state index in [9.17, 15) is 0 Å². The Balaban J connectivity index is 1.22. The van der Waals surface area contributed by atoms with Gasteiger partial charge in [-0.15, -0.1) is 11.3 Å². The van der Waals surface area contributed by atoms with Crippen LogP contribution in [0.5, 0.6) is 0 Å². The zero-order chi connectivity index (χ0) is 29.0. The number of fused-ring (bicyclic) bond motifs is 6. The second-order valence-electron chi connectivity index (χ2n) is 10.8. The molecule has 9 aromatic rings. The van der Waals surface area contributed by atoms with E-state index in [2.05, 4.69) is 66.7 Å². The maximum Gasteiger partial charge on any atom is 0.164 e. The molecule has 0 bridgehead atoms. The lowest BCUT2D eigenvalue weighted by Gasteiger charge is -2.08. The van der Waals surface area contributed by atoms with Crippen molar-refractivity contribution >= 4 is 53.4 Å². The number of furan rings is 1. The van der Waals surface area contributed by atoms with Crippen LogP contribution in [0.4, 0.5) is 0 Å². The van der Waals surface area contributed by atoms with Crippen molar-refractivity contribution in [1.29, 1.82) is 0 Å². The van der Waals surface area contributed by atoms with Crippen molar-refractivity contribution in [1.82, 2.24) is 15.0 Å². The molecule has 3 aromatic heterocycles. The molecule has 0 N–H and O–H groups in total. The molecular weight excluding hydrogens is 559 g/mol. The molecule has 0 fully saturated rings. The molecule has 0 aliphatic heterocycles. The number of thiophene rings is 1. The monoisotopic (exact) mass is 581 g/mol. The Labute approximate surface area is 256 Å². The Morgan fingerprint density at radius 1 is 0.432 bits per heavy atom. The minimum Gasteiger partial charge on any atom is -0.455 e. The van der Waals surface area contributed by atoms with Crippen LogP contribution >= 0.6 is 11.3 Å². The maximum absolute atomic E-state index is 6.42. The molecule has 0 spiro atoms. The fourth-order valence-corrected chi connectivity index (χ4v) is 7.32. The first kappa shape index (κ1) is 24.9. The lowest BCUT2D eigenvalue weighted by atomic mass is 10.00. The van der Waals surface area contributed by atoms with E-state index in [-0.39, 0.29) is 0 Å². The first-order chi connectivity index (χ1) is 21.8. The zero-order valence-corrected chi connectivity index (χ0v) is 24.3. The second kappa shape index (κ2) is 9.97. The smallest absolute Gasteiger partial charge is 0.164 e. The molecule has 44 heavy (non-hydrogen) atoms. The van der Waals surface area contributed by atoms with Gasteiger partial charge in [0.2, 0.25) is 0 Å². The Morgan fingerprint density at radius 3 is 1.75 bits per heavy atom. The van der Waals surface area contributed by atoms with Gasteiger partial charge in [-0.1, -0.05) is 127 Å². The van der Waals surface area contributed by atoms with Crippen LogP contribution in [0, 0.1) is 0 Å². The lowest BCUT2D eigenvalue weighted by Crippen LogP contribution is -1.99. The minimum atomic E-state index is 0.657. The molecule has 0 unspecified atom stereocenters. The summed E-state index contributed by atoms with van der Waals surface area (Å²) in [6, 6.07) is 47.9. The summed E-state index contributed by atoms with van der Waals surface area (Å²) in [4.78, 5) is 14.8. The Bertz CT molecular complexity index is 2440. The highest BCUT2D eigenvalue weighted by molar-refractivity contribution is 7.26. The van der Waals surface area contributed by atoms with Gasteiger partial charge in [-0.05, 0) is 12.1 Å². The highest BCUT2D eigenvalue weighted by Crippen LogP contribution is 2.44. The van der Waals surface area contributed by atoms with E-state index < -0.39 is 0 Å². The fourth-order valence-electron chi connectivity index (χ4n) is 6.05. The summed E-state index contributed by atoms with van der Waals surface area (Å²) in [6.45, 7) is 0. The summed E-state index contributed by atoms with van der Waals surface area (Å²) < 4.78 is 8.83. The molecule has 206 valence electrons. The average molecular weight is 582 g/mol. The Morgan fingerprint density at radius 2 is 1.02 bits per heavy atom. The molecule has 0 radical (unpaired) electrons. The Kier molecular flexibility index (Phi) is 5.64. The predicted molar refractivity (Wildman–Crippen MR) is 182 cm³/mol. The SMILES string of the molecule is c1ccc(-c2nc(-c3ccccc3)nc(-c3ccc4c(c3)sc3c(-c5cccc6c5oc5ccccc56)cccc34)n2)cc1. The summed E-state index contributed by atoms with van der Waals surface area (Å²) in [5.74, 6) is 1.98. The molecule has 0 aliphatic rings. The van der Waals surface area contributed by atoms with Crippen LogP contribution in [0.1, 0.15) is 0 Å². The quantitative estimate of drug-likeness (QED) is 0.207. The van der Waals surface area contributed by atoms with E-state index in [1.165, 1.54) is 25.7 Å². The third kappa shape index (κ3) is 4.02. The average Bonchev–Trinajstić information content (AvgIpc) is 3.67. The van der Waals surface area contributed by atoms with Crippen LogP contribution in [0.2, 0.25) is 0 Å². The molecule has 9 rings (SSSR count). The van der Waals surface area contributed by atoms with Crippen molar-refractivity contribution in [3.8, 4) is 45.3 Å². The number of aromatic nitrogens is 3. The third-order valence-corrected chi connectivity index (χ3v) is 9.35. The lowest BCUT2D eigenvalue weighted by molar-refractivity contribution is 0.670. The molecule has 4 nitrogen and oxygen atoms in total. The second-order valence-corrected chi connectivity index (χ2v) is 11.9. The highest BCUT2D eigenvalue weighted by Gasteiger charge is 2.18. The van der Waals surface area contributed by atoms with Crippen molar-refractivity contribution in [2.24, 2.45) is 0 Å². The third-order valence-electron chi connectivity index (χ3n) is 8.15. The molecule has 0 amide bonds. The van der Waals surface area contributed by atoms with Crippen LogP contribution in [0.25, 0.3) is 87.4 Å². The van der Waals surface area contributed by atoms with Crippen molar-refractivity contribution in [2.45, 2.75) is 0 Å². The van der Waals surface area contributed by atoms with E-state index in [0.29, 0.717) is 17.5 Å². The van der Waals surface area contributed by atoms with Crippen molar-refractivity contribution in [2.75, 3.05) is 0 Å². The first-order valence-electron chi connectivity index (χ1n) is 14.5. The normalized spacial score (nSPS) is 11.6. The summed E-state index contributed by atoms with van der Waals surface area (Å²) in [7, 11) is 0. The minimum absolute atomic E-state index is 0.657.